The second kappa shape index (κ2) is 9.80. The number of hydrogen-bond donors (Lipinski definition) is 1. The molecule has 2 aromatic carbocycles. The van der Waals surface area contributed by atoms with Gasteiger partial charge in [0.05, 0.1) is 0 Å². The van der Waals surface area contributed by atoms with Crippen LogP contribution in [-0.4, -0.2) is 0 Å². The van der Waals surface area contributed by atoms with E-state index in [-0.39, 0.29) is 0 Å². The number of nitrogens with two attached hydrogens (primary N) is 1. The van der Waals surface area contributed by atoms with Crippen LogP contribution in [0.5, 0.6) is 0 Å². The summed E-state index contributed by atoms with van der Waals surface area (Å²) in [6.07, 6.45) is 13.3. The first kappa shape index (κ1) is 19.0. The topological polar surface area (TPSA) is 26.0 Å². The first-order valence-corrected chi connectivity index (χ1v) is 10.7. The predicted octanol–water partition coefficient (Wildman–Crippen LogP) is 6.91. The third-order valence-corrected chi connectivity index (χ3v) is 6.12. The number of benzene rings is 2. The third-order valence-electron chi connectivity index (χ3n) is 6.12. The Morgan fingerprint density at radius 2 is 1.42 bits per heavy atom. The lowest BCUT2D eigenvalue weighted by atomic mass is 9.76. The molecule has 0 aromatic heterocycles. The Kier molecular flexibility index (Phi) is 7.17. The summed E-state index contributed by atoms with van der Waals surface area (Å²) in [5.41, 5.74) is 11.2. The van der Waals surface area contributed by atoms with Crippen molar-refractivity contribution in [3.63, 3.8) is 0 Å². The van der Waals surface area contributed by atoms with E-state index in [0.717, 1.165) is 17.5 Å². The second-order valence-electron chi connectivity index (χ2n) is 8.22. The van der Waals surface area contributed by atoms with Crippen molar-refractivity contribution in [1.82, 2.24) is 0 Å². The van der Waals surface area contributed by atoms with Gasteiger partial charge in [-0.25, -0.2) is 0 Å². The SMILES string of the molecule is CCCCCCc1ccc(CC2CCC(c3ccc(N)cc3)CC2)cc1. The number of nitrogen functional groups attached to an aromatic ring is 1. The van der Waals surface area contributed by atoms with Gasteiger partial charge in [0.15, 0.2) is 0 Å². The molecule has 1 aliphatic carbocycles. The molecule has 0 aliphatic heterocycles. The zero-order chi connectivity index (χ0) is 18.2. The van der Waals surface area contributed by atoms with Crippen LogP contribution in [0, 0.1) is 5.92 Å². The number of aryl methyl sites for hydroxylation is 1. The monoisotopic (exact) mass is 349 g/mol. The summed E-state index contributed by atoms with van der Waals surface area (Å²) in [5, 5.41) is 0. The molecular weight excluding hydrogens is 314 g/mol. The normalized spacial score (nSPS) is 20.2. The molecule has 0 spiro atoms. The van der Waals surface area contributed by atoms with Crippen LogP contribution in [0.4, 0.5) is 5.69 Å². The Morgan fingerprint density at radius 3 is 2.08 bits per heavy atom. The van der Waals surface area contributed by atoms with E-state index in [2.05, 4.69) is 43.3 Å². The van der Waals surface area contributed by atoms with Crippen molar-refractivity contribution in [2.24, 2.45) is 5.92 Å². The maximum absolute atomic E-state index is 5.82. The average molecular weight is 350 g/mol. The molecule has 1 fully saturated rings. The van der Waals surface area contributed by atoms with Gasteiger partial charge in [0, 0.05) is 5.69 Å². The molecule has 140 valence electrons. The van der Waals surface area contributed by atoms with Gasteiger partial charge in [0.2, 0.25) is 0 Å². The van der Waals surface area contributed by atoms with Crippen molar-refractivity contribution in [2.75, 3.05) is 5.73 Å². The first-order valence-electron chi connectivity index (χ1n) is 10.7. The molecule has 1 saturated carbocycles. The minimum Gasteiger partial charge on any atom is -0.399 e. The Labute approximate surface area is 160 Å². The number of hydrogen-bond acceptors (Lipinski definition) is 1. The van der Waals surface area contributed by atoms with Gasteiger partial charge in [-0.05, 0) is 85.6 Å². The fourth-order valence-corrected chi connectivity index (χ4v) is 4.40. The highest BCUT2D eigenvalue weighted by Gasteiger charge is 2.22. The van der Waals surface area contributed by atoms with Crippen LogP contribution in [0.2, 0.25) is 0 Å². The van der Waals surface area contributed by atoms with E-state index < -0.39 is 0 Å². The molecule has 26 heavy (non-hydrogen) atoms. The van der Waals surface area contributed by atoms with Crippen LogP contribution in [0.25, 0.3) is 0 Å². The van der Waals surface area contributed by atoms with E-state index >= 15 is 0 Å². The maximum atomic E-state index is 5.82. The molecule has 2 aromatic rings. The summed E-state index contributed by atoms with van der Waals surface area (Å²) in [6, 6.07) is 18.0. The van der Waals surface area contributed by atoms with Crippen LogP contribution in [-0.2, 0) is 12.8 Å². The number of rotatable bonds is 8. The van der Waals surface area contributed by atoms with Crippen molar-refractivity contribution in [2.45, 2.75) is 77.0 Å². The Bertz CT molecular complexity index is 633. The molecule has 1 nitrogen and oxygen atoms in total. The fraction of sp³-hybridized carbons (Fsp3) is 0.520. The summed E-state index contributed by atoms with van der Waals surface area (Å²) >= 11 is 0. The Balaban J connectivity index is 1.43. The van der Waals surface area contributed by atoms with E-state index in [0.29, 0.717) is 0 Å². The van der Waals surface area contributed by atoms with Gasteiger partial charge in [-0.2, -0.15) is 0 Å². The van der Waals surface area contributed by atoms with E-state index in [1.165, 1.54) is 80.9 Å². The Morgan fingerprint density at radius 1 is 0.769 bits per heavy atom. The zero-order valence-corrected chi connectivity index (χ0v) is 16.4. The first-order chi connectivity index (χ1) is 12.7. The average Bonchev–Trinajstić information content (AvgIpc) is 2.68. The highest BCUT2D eigenvalue weighted by Crippen LogP contribution is 2.37. The molecule has 3 rings (SSSR count). The van der Waals surface area contributed by atoms with E-state index in [9.17, 15) is 0 Å². The molecule has 0 radical (unpaired) electrons. The summed E-state index contributed by atoms with van der Waals surface area (Å²) in [7, 11) is 0. The lowest BCUT2D eigenvalue weighted by Crippen LogP contribution is -2.15. The second-order valence-corrected chi connectivity index (χ2v) is 8.22. The van der Waals surface area contributed by atoms with Crippen molar-refractivity contribution >= 4 is 5.69 Å². The van der Waals surface area contributed by atoms with Gasteiger partial charge in [-0.3, -0.25) is 0 Å². The smallest absolute Gasteiger partial charge is 0.0314 e. The number of unbranched alkanes of at least 4 members (excludes halogenated alkanes) is 3. The van der Waals surface area contributed by atoms with Crippen molar-refractivity contribution in [3.05, 3.63) is 65.2 Å². The minimum absolute atomic E-state index is 0.734. The van der Waals surface area contributed by atoms with Crippen molar-refractivity contribution in [3.8, 4) is 0 Å². The van der Waals surface area contributed by atoms with Gasteiger partial charge in [0.25, 0.3) is 0 Å². The van der Waals surface area contributed by atoms with Crippen LogP contribution in [0.1, 0.15) is 80.9 Å². The largest absolute Gasteiger partial charge is 0.399 e. The molecule has 0 saturated heterocycles. The summed E-state index contributed by atoms with van der Waals surface area (Å²) < 4.78 is 0. The van der Waals surface area contributed by atoms with Gasteiger partial charge in [-0.15, -0.1) is 0 Å². The highest BCUT2D eigenvalue weighted by atomic mass is 14.5. The van der Waals surface area contributed by atoms with Gasteiger partial charge in [-0.1, -0.05) is 62.6 Å². The van der Waals surface area contributed by atoms with Crippen LogP contribution in [0.15, 0.2) is 48.5 Å². The van der Waals surface area contributed by atoms with Crippen LogP contribution < -0.4 is 5.73 Å². The molecule has 0 heterocycles. The van der Waals surface area contributed by atoms with E-state index in [1.807, 2.05) is 12.1 Å². The lowest BCUT2D eigenvalue weighted by Gasteiger charge is -2.29. The van der Waals surface area contributed by atoms with Gasteiger partial charge < -0.3 is 5.73 Å². The molecule has 0 atom stereocenters. The third kappa shape index (κ3) is 5.62. The maximum Gasteiger partial charge on any atom is 0.0314 e. The summed E-state index contributed by atoms with van der Waals surface area (Å²) in [5.74, 6) is 1.59. The fourth-order valence-electron chi connectivity index (χ4n) is 4.40. The van der Waals surface area contributed by atoms with Crippen molar-refractivity contribution < 1.29 is 0 Å². The molecule has 0 unspecified atom stereocenters. The number of anilines is 1. The van der Waals surface area contributed by atoms with E-state index in [4.69, 9.17) is 5.73 Å². The molecule has 2 N–H and O–H groups in total. The van der Waals surface area contributed by atoms with Gasteiger partial charge >= 0.3 is 0 Å². The molecule has 1 aliphatic rings. The quantitative estimate of drug-likeness (QED) is 0.407. The Hall–Kier alpha value is -1.76. The molecule has 0 amide bonds. The van der Waals surface area contributed by atoms with Crippen LogP contribution >= 0.6 is 0 Å². The summed E-state index contributed by atoms with van der Waals surface area (Å²) in [4.78, 5) is 0. The predicted molar refractivity (Wildman–Crippen MR) is 114 cm³/mol. The van der Waals surface area contributed by atoms with Crippen LogP contribution in [0.3, 0.4) is 0 Å². The lowest BCUT2D eigenvalue weighted by molar-refractivity contribution is 0.324. The van der Waals surface area contributed by atoms with E-state index in [1.54, 1.807) is 0 Å². The zero-order valence-electron chi connectivity index (χ0n) is 16.4. The molecule has 0 bridgehead atoms. The van der Waals surface area contributed by atoms with Crippen molar-refractivity contribution in [1.29, 1.82) is 0 Å². The summed E-state index contributed by atoms with van der Waals surface area (Å²) in [6.45, 7) is 2.28. The van der Waals surface area contributed by atoms with Gasteiger partial charge in [0.1, 0.15) is 0 Å². The highest BCUT2D eigenvalue weighted by molar-refractivity contribution is 5.40. The molecule has 1 heteroatoms. The molecular formula is C25H35N. The standard InChI is InChI=1S/C25H35N/c1-2-3-4-5-6-20-7-9-21(10-8-20)19-22-11-13-23(14-12-22)24-15-17-25(26)18-16-24/h7-10,15-18,22-23H,2-6,11-14,19,26H2,1H3. The minimum atomic E-state index is 0.734.